The Morgan fingerprint density at radius 2 is 1.11 bits per heavy atom. The smallest absolute Gasteiger partial charge is 0.0468 e. The van der Waals surface area contributed by atoms with Crippen LogP contribution in [-0.2, 0) is 0 Å². The van der Waals surface area contributed by atoms with Crippen LogP contribution >= 0.6 is 37.2 Å². The third-order valence-electron chi connectivity index (χ3n) is 1.73. The Bertz CT molecular complexity index is 56.6. The van der Waals surface area contributed by atoms with Crippen molar-refractivity contribution in [2.75, 3.05) is 0 Å². The van der Waals surface area contributed by atoms with Crippen molar-refractivity contribution >= 4 is 45.3 Å². The van der Waals surface area contributed by atoms with E-state index in [1.165, 1.54) is 0 Å². The molecule has 0 saturated heterocycles. The zero-order valence-electron chi connectivity index (χ0n) is 6.83. The monoisotopic (exact) mass is 370 g/mol. The van der Waals surface area contributed by atoms with E-state index in [1.54, 1.807) is 0 Å². The van der Waals surface area contributed by atoms with Gasteiger partial charge in [-0.3, -0.25) is 0 Å². The highest BCUT2D eigenvalue weighted by molar-refractivity contribution is 15.0. The van der Waals surface area contributed by atoms with Gasteiger partial charge in [0.15, 0.2) is 0 Å². The van der Waals surface area contributed by atoms with Gasteiger partial charge in [-0.1, -0.05) is 39.0 Å². The zero-order chi connectivity index (χ0) is 8.08. The van der Waals surface area contributed by atoms with Crippen LogP contribution in [0.15, 0.2) is 0 Å². The first kappa shape index (κ1) is 13.3. The van der Waals surface area contributed by atoms with Crippen LogP contribution in [0.4, 0.5) is 0 Å². The minimum Gasteiger partial charge on any atom is -0.0694 e. The summed E-state index contributed by atoms with van der Waals surface area (Å²) in [6.45, 7) is 11.8. The molecule has 0 aromatic rings. The minimum absolute atomic E-state index is 0.735. The van der Waals surface area contributed by atoms with Crippen LogP contribution in [0.1, 0.15) is 13.8 Å². The molecule has 0 aliphatic heterocycles. The Morgan fingerprint density at radius 1 is 1.00 bits per heavy atom. The summed E-state index contributed by atoms with van der Waals surface area (Å²) in [6, 6.07) is 0. The molecule has 0 bridgehead atoms. The second kappa shape index (κ2) is 6.39. The Balaban J connectivity index is 0. The van der Waals surface area contributed by atoms with Crippen LogP contribution in [0.3, 0.4) is 0 Å². The molecule has 58 valence electrons. The van der Waals surface area contributed by atoms with Crippen molar-refractivity contribution in [2.45, 2.75) is 39.0 Å². The molecule has 0 radical (unpaired) electrons. The van der Waals surface area contributed by atoms with Gasteiger partial charge in [-0.05, 0) is 0 Å². The van der Waals surface area contributed by atoms with Gasteiger partial charge >= 0.3 is 0 Å². The second-order valence-corrected chi connectivity index (χ2v) is 9.41. The number of hydrogen-bond acceptors (Lipinski definition) is 0. The molecular weight excluding hydrogens is 354 g/mol. The van der Waals surface area contributed by atoms with Crippen LogP contribution in [0.25, 0.3) is 0 Å². The van der Waals surface area contributed by atoms with Crippen molar-refractivity contribution in [1.82, 2.24) is 0 Å². The molecule has 0 atom stereocenters. The molecule has 0 amide bonds. The lowest BCUT2D eigenvalue weighted by Crippen LogP contribution is -2.23. The maximum atomic E-state index is 2.40. The minimum atomic E-state index is -0.735. The summed E-state index contributed by atoms with van der Waals surface area (Å²) in [7, 11) is -0.735. The van der Waals surface area contributed by atoms with Gasteiger partial charge in [0.2, 0.25) is 0 Å². The average molecular weight is 370 g/mol. The van der Waals surface area contributed by atoms with E-state index in [0.29, 0.717) is 0 Å². The first-order chi connectivity index (χ1) is 3.94. The zero-order valence-corrected chi connectivity index (χ0v) is 12.1. The average Bonchev–Trinajstić information content (AvgIpc) is 1.69. The molecule has 0 fully saturated rings. The molecule has 0 rings (SSSR count). The Morgan fingerprint density at radius 3 is 1.11 bits per heavy atom. The van der Waals surface area contributed by atoms with Gasteiger partial charge in [-0.25, -0.2) is 0 Å². The van der Waals surface area contributed by atoms with Gasteiger partial charge in [0.25, 0.3) is 0 Å². The molecule has 9 heavy (non-hydrogen) atoms. The van der Waals surface area contributed by atoms with E-state index in [-0.39, 0.29) is 0 Å². The fourth-order valence-corrected chi connectivity index (χ4v) is 0. The van der Waals surface area contributed by atoms with E-state index < -0.39 is 8.07 Å². The topological polar surface area (TPSA) is 0 Å². The van der Waals surface area contributed by atoms with Gasteiger partial charge < -0.3 is 0 Å². The van der Waals surface area contributed by atoms with Gasteiger partial charge in [0.1, 0.15) is 0 Å². The van der Waals surface area contributed by atoms with Gasteiger partial charge in [-0.15, -0.1) is 0 Å². The van der Waals surface area contributed by atoms with Crippen molar-refractivity contribution < 1.29 is 0 Å². The van der Waals surface area contributed by atoms with Crippen LogP contribution in [0, 0.1) is 0 Å². The molecule has 0 aliphatic rings. The highest BCUT2D eigenvalue weighted by atomic mass is 128. The van der Waals surface area contributed by atoms with Crippen molar-refractivity contribution in [3.8, 4) is 0 Å². The third-order valence-corrected chi connectivity index (χ3v) is 5.20. The Hall–Kier alpha value is 1.68. The maximum absolute atomic E-state index is 2.40. The Labute approximate surface area is 83.5 Å². The van der Waals surface area contributed by atoms with Gasteiger partial charge in [-0.2, -0.15) is 0 Å². The van der Waals surface area contributed by atoms with Crippen LogP contribution in [0.5, 0.6) is 0 Å². The molecule has 0 aliphatic carbocycles. The van der Waals surface area contributed by atoms with Crippen LogP contribution < -0.4 is 0 Å². The molecule has 0 spiro atoms. The molecule has 0 heterocycles. The lowest BCUT2D eigenvalue weighted by Gasteiger charge is -2.19. The summed E-state index contributed by atoms with van der Waals surface area (Å²) in [5, 5.41) is 0. The SMILES string of the molecule is CC(C)[Si](C)(C)C.II. The van der Waals surface area contributed by atoms with Crippen LogP contribution in [-0.4, -0.2) is 8.07 Å². The van der Waals surface area contributed by atoms with E-state index in [0.717, 1.165) is 5.54 Å². The van der Waals surface area contributed by atoms with E-state index >= 15 is 0 Å². The first-order valence-electron chi connectivity index (χ1n) is 3.09. The summed E-state index contributed by atoms with van der Waals surface area (Å²) in [5.41, 5.74) is 0.937. The van der Waals surface area contributed by atoms with Crippen molar-refractivity contribution in [1.29, 1.82) is 0 Å². The molecular formula is C6H16I2Si. The van der Waals surface area contributed by atoms with Gasteiger partial charge in [0.05, 0.1) is 0 Å². The summed E-state index contributed by atoms with van der Waals surface area (Å²) in [5.74, 6) is 0. The van der Waals surface area contributed by atoms with Crippen molar-refractivity contribution in [3.63, 3.8) is 0 Å². The number of hydrogen-bond donors (Lipinski definition) is 0. The predicted molar refractivity (Wildman–Crippen MR) is 66.5 cm³/mol. The molecule has 0 aromatic carbocycles. The van der Waals surface area contributed by atoms with Gasteiger partial charge in [0, 0.05) is 45.3 Å². The largest absolute Gasteiger partial charge is 0.0694 e. The molecule has 3 heteroatoms. The highest BCUT2D eigenvalue weighted by Crippen LogP contribution is 2.18. The lowest BCUT2D eigenvalue weighted by molar-refractivity contribution is 1.01. The van der Waals surface area contributed by atoms with E-state index in [1.807, 2.05) is 0 Å². The molecule has 0 saturated carbocycles. The summed E-state index contributed by atoms with van der Waals surface area (Å²) in [4.78, 5) is 0. The van der Waals surface area contributed by atoms with E-state index in [9.17, 15) is 0 Å². The second-order valence-electron chi connectivity index (χ2n) is 3.52. The third kappa shape index (κ3) is 9.68. The first-order valence-corrected chi connectivity index (χ1v) is 12.9. The summed E-state index contributed by atoms with van der Waals surface area (Å²) < 4.78 is 0. The van der Waals surface area contributed by atoms with E-state index in [2.05, 4.69) is 70.7 Å². The standard InChI is InChI=1S/C6H16Si.I2/c1-6(2)7(3,4)5;1-2/h6H,1-5H3;. The van der Waals surface area contributed by atoms with Crippen molar-refractivity contribution in [3.05, 3.63) is 0 Å². The normalized spacial score (nSPS) is 10.7. The number of halogens is 2. The maximum Gasteiger partial charge on any atom is 0.0468 e. The summed E-state index contributed by atoms with van der Waals surface area (Å²) in [6.07, 6.45) is 0. The molecule has 0 aromatic heterocycles. The summed E-state index contributed by atoms with van der Waals surface area (Å²) >= 11 is 4.24. The van der Waals surface area contributed by atoms with Crippen molar-refractivity contribution in [2.24, 2.45) is 0 Å². The quantitative estimate of drug-likeness (QED) is 0.471. The molecule has 0 N–H and O–H groups in total. The lowest BCUT2D eigenvalue weighted by atomic mass is 10.6. The highest BCUT2D eigenvalue weighted by Gasteiger charge is 2.16. The van der Waals surface area contributed by atoms with E-state index in [4.69, 9.17) is 0 Å². The number of rotatable bonds is 1. The fourth-order valence-electron chi connectivity index (χ4n) is 0. The molecule has 0 nitrogen and oxygen atoms in total. The fraction of sp³-hybridized carbons (Fsp3) is 1.00. The predicted octanol–water partition coefficient (Wildman–Crippen LogP) is 4.51. The molecule has 0 unspecified atom stereocenters. The van der Waals surface area contributed by atoms with Crippen LogP contribution in [0.2, 0.25) is 25.2 Å². The Kier molecular flexibility index (Phi) is 9.43.